The van der Waals surface area contributed by atoms with Crippen LogP contribution in [0.2, 0.25) is 0 Å². The molecule has 108 valence electrons. The summed E-state index contributed by atoms with van der Waals surface area (Å²) in [6, 6.07) is 5.35. The minimum absolute atomic E-state index is 0.342. The molecule has 0 atom stereocenters. The fourth-order valence-corrected chi connectivity index (χ4v) is 3.25. The summed E-state index contributed by atoms with van der Waals surface area (Å²) >= 11 is 0. The van der Waals surface area contributed by atoms with Crippen molar-refractivity contribution in [1.29, 1.82) is 0 Å². The van der Waals surface area contributed by atoms with Gasteiger partial charge < -0.3 is 10.1 Å². The molecule has 0 aromatic heterocycles. The van der Waals surface area contributed by atoms with E-state index in [0.29, 0.717) is 24.6 Å². The summed E-state index contributed by atoms with van der Waals surface area (Å²) in [6.07, 6.45) is 0. The monoisotopic (exact) mass is 286 g/mol. The number of rotatable bonds is 7. The molecule has 1 rings (SSSR count). The van der Waals surface area contributed by atoms with Gasteiger partial charge in [0.05, 0.1) is 11.5 Å². The van der Waals surface area contributed by atoms with E-state index in [1.165, 1.54) is 4.31 Å². The summed E-state index contributed by atoms with van der Waals surface area (Å²) in [4.78, 5) is 0.360. The van der Waals surface area contributed by atoms with E-state index in [2.05, 4.69) is 5.32 Å². The summed E-state index contributed by atoms with van der Waals surface area (Å²) in [6.45, 7) is 3.21. The highest BCUT2D eigenvalue weighted by Gasteiger charge is 2.23. The molecule has 0 fully saturated rings. The van der Waals surface area contributed by atoms with Crippen LogP contribution < -0.4 is 5.32 Å². The van der Waals surface area contributed by atoms with E-state index in [9.17, 15) is 8.42 Å². The summed E-state index contributed by atoms with van der Waals surface area (Å²) in [5.41, 5.74) is 1.78. The zero-order valence-corrected chi connectivity index (χ0v) is 12.8. The van der Waals surface area contributed by atoms with Crippen LogP contribution in [0.1, 0.15) is 11.1 Å². The average Bonchev–Trinajstić information content (AvgIpc) is 2.38. The van der Waals surface area contributed by atoms with Crippen molar-refractivity contribution in [2.75, 3.05) is 34.4 Å². The maximum Gasteiger partial charge on any atom is 0.243 e. The maximum atomic E-state index is 12.5. The van der Waals surface area contributed by atoms with E-state index in [4.69, 9.17) is 4.74 Å². The van der Waals surface area contributed by atoms with Gasteiger partial charge in [0, 0.05) is 27.2 Å². The van der Waals surface area contributed by atoms with Crippen molar-refractivity contribution in [3.8, 4) is 0 Å². The topological polar surface area (TPSA) is 58.6 Å². The fraction of sp³-hybridized carbons (Fsp3) is 0.538. The van der Waals surface area contributed by atoms with E-state index >= 15 is 0 Å². The number of hydrogen-bond donors (Lipinski definition) is 1. The molecule has 1 aromatic rings. The van der Waals surface area contributed by atoms with E-state index in [1.807, 2.05) is 20.0 Å². The molecule has 5 nitrogen and oxygen atoms in total. The third-order valence-electron chi connectivity index (χ3n) is 3.06. The Morgan fingerprint density at radius 2 is 2.05 bits per heavy atom. The quantitative estimate of drug-likeness (QED) is 0.812. The van der Waals surface area contributed by atoms with E-state index in [-0.39, 0.29) is 0 Å². The summed E-state index contributed by atoms with van der Waals surface area (Å²) in [5, 5.41) is 3.04. The fourth-order valence-electron chi connectivity index (χ4n) is 1.83. The number of likely N-dealkylation sites (N-methyl/N-ethyl adjacent to an activating group) is 1. The Bertz CT molecular complexity index is 515. The lowest BCUT2D eigenvalue weighted by molar-refractivity contribution is 0.185. The minimum atomic E-state index is -3.46. The predicted molar refractivity (Wildman–Crippen MR) is 75.6 cm³/mol. The first-order valence-electron chi connectivity index (χ1n) is 6.13. The number of sulfonamides is 1. The lowest BCUT2D eigenvalue weighted by Crippen LogP contribution is -2.30. The first-order chi connectivity index (χ1) is 8.95. The normalized spacial score (nSPS) is 12.1. The van der Waals surface area contributed by atoms with Gasteiger partial charge in [-0.1, -0.05) is 12.1 Å². The molecule has 0 spiro atoms. The van der Waals surface area contributed by atoms with Crippen molar-refractivity contribution in [2.45, 2.75) is 18.4 Å². The van der Waals surface area contributed by atoms with Crippen LogP contribution in [-0.4, -0.2) is 47.1 Å². The number of ether oxygens (including phenoxy) is 1. The molecule has 0 saturated carbocycles. The van der Waals surface area contributed by atoms with Crippen LogP contribution in [-0.2, 0) is 21.3 Å². The lowest BCUT2D eigenvalue weighted by atomic mass is 10.1. The van der Waals surface area contributed by atoms with Gasteiger partial charge in [0.1, 0.15) is 0 Å². The minimum Gasteiger partial charge on any atom is -0.383 e. The Morgan fingerprint density at radius 3 is 2.63 bits per heavy atom. The van der Waals surface area contributed by atoms with Crippen molar-refractivity contribution < 1.29 is 13.2 Å². The van der Waals surface area contributed by atoms with Crippen LogP contribution in [0.25, 0.3) is 0 Å². The molecule has 1 aromatic carbocycles. The zero-order chi connectivity index (χ0) is 14.5. The smallest absolute Gasteiger partial charge is 0.243 e. The molecule has 0 radical (unpaired) electrons. The van der Waals surface area contributed by atoms with Gasteiger partial charge in [0.2, 0.25) is 10.0 Å². The number of benzene rings is 1. The Morgan fingerprint density at radius 1 is 1.37 bits per heavy atom. The molecule has 6 heteroatoms. The van der Waals surface area contributed by atoms with Crippen LogP contribution in [0.4, 0.5) is 0 Å². The molecule has 0 saturated heterocycles. The highest BCUT2D eigenvalue weighted by atomic mass is 32.2. The third-order valence-corrected chi connectivity index (χ3v) is 5.06. The van der Waals surface area contributed by atoms with E-state index in [0.717, 1.165) is 11.1 Å². The average molecular weight is 286 g/mol. The van der Waals surface area contributed by atoms with Gasteiger partial charge in [-0.3, -0.25) is 0 Å². The molecule has 0 heterocycles. The molecular weight excluding hydrogens is 264 g/mol. The van der Waals surface area contributed by atoms with Gasteiger partial charge in [0.25, 0.3) is 0 Å². The SMILES string of the molecule is CNCc1cccc(S(=O)(=O)N(C)CCOC)c1C. The second-order valence-corrected chi connectivity index (χ2v) is 6.40. The van der Waals surface area contributed by atoms with Gasteiger partial charge >= 0.3 is 0 Å². The van der Waals surface area contributed by atoms with E-state index in [1.54, 1.807) is 26.3 Å². The molecule has 0 unspecified atom stereocenters. The van der Waals surface area contributed by atoms with Crippen LogP contribution in [0, 0.1) is 6.92 Å². The van der Waals surface area contributed by atoms with Gasteiger partial charge in [-0.25, -0.2) is 8.42 Å². The van der Waals surface area contributed by atoms with Crippen LogP contribution in [0.3, 0.4) is 0 Å². The number of nitrogens with one attached hydrogen (secondary N) is 1. The zero-order valence-electron chi connectivity index (χ0n) is 11.9. The van der Waals surface area contributed by atoms with Gasteiger partial charge in [-0.2, -0.15) is 4.31 Å². The number of hydrogen-bond acceptors (Lipinski definition) is 4. The highest BCUT2D eigenvalue weighted by molar-refractivity contribution is 7.89. The van der Waals surface area contributed by atoms with Crippen molar-refractivity contribution in [1.82, 2.24) is 9.62 Å². The highest BCUT2D eigenvalue weighted by Crippen LogP contribution is 2.21. The second kappa shape index (κ2) is 7.00. The first kappa shape index (κ1) is 16.1. The molecule has 0 aliphatic heterocycles. The predicted octanol–water partition coefficient (Wildman–Crippen LogP) is 0.981. The Balaban J connectivity index is 3.11. The van der Waals surface area contributed by atoms with E-state index < -0.39 is 10.0 Å². The molecule has 0 bridgehead atoms. The number of nitrogens with zero attached hydrogens (tertiary/aromatic N) is 1. The third kappa shape index (κ3) is 3.76. The molecule has 0 aliphatic carbocycles. The van der Waals surface area contributed by atoms with Crippen LogP contribution in [0.15, 0.2) is 23.1 Å². The van der Waals surface area contributed by atoms with Crippen molar-refractivity contribution >= 4 is 10.0 Å². The van der Waals surface area contributed by atoms with Gasteiger partial charge in [-0.05, 0) is 31.2 Å². The molecule has 0 aliphatic rings. The lowest BCUT2D eigenvalue weighted by Gasteiger charge is -2.19. The largest absolute Gasteiger partial charge is 0.383 e. The molecular formula is C13H22N2O3S. The summed E-state index contributed by atoms with van der Waals surface area (Å²) < 4.78 is 31.2. The first-order valence-corrected chi connectivity index (χ1v) is 7.57. The standard InChI is InChI=1S/C13H22N2O3S/c1-11-12(10-14-2)6-5-7-13(11)19(16,17)15(3)8-9-18-4/h5-7,14H,8-10H2,1-4H3. The Hall–Kier alpha value is -0.950. The Labute approximate surface area is 115 Å². The van der Waals surface area contributed by atoms with Crippen molar-refractivity contribution in [3.05, 3.63) is 29.3 Å². The van der Waals surface area contributed by atoms with Gasteiger partial charge in [-0.15, -0.1) is 0 Å². The summed E-state index contributed by atoms with van der Waals surface area (Å²) in [7, 11) is 1.50. The maximum absolute atomic E-state index is 12.5. The number of methoxy groups -OCH3 is 1. The summed E-state index contributed by atoms with van der Waals surface area (Å²) in [5.74, 6) is 0. The second-order valence-electron chi connectivity index (χ2n) is 4.39. The molecule has 1 N–H and O–H groups in total. The van der Waals surface area contributed by atoms with Gasteiger partial charge in [0.15, 0.2) is 0 Å². The molecule has 0 amide bonds. The van der Waals surface area contributed by atoms with Crippen molar-refractivity contribution in [2.24, 2.45) is 0 Å². The van der Waals surface area contributed by atoms with Crippen LogP contribution >= 0.6 is 0 Å². The van der Waals surface area contributed by atoms with Crippen LogP contribution in [0.5, 0.6) is 0 Å². The Kier molecular flexibility index (Phi) is 5.93. The molecule has 19 heavy (non-hydrogen) atoms. The van der Waals surface area contributed by atoms with Crippen molar-refractivity contribution in [3.63, 3.8) is 0 Å².